The second kappa shape index (κ2) is 11.0. The number of amides is 2. The Morgan fingerprint density at radius 3 is 2.29 bits per heavy atom. The Kier molecular flexibility index (Phi) is 8.57. The summed E-state index contributed by atoms with van der Waals surface area (Å²) in [6.07, 6.45) is 0.149. The molecule has 2 aromatic rings. The van der Waals surface area contributed by atoms with Crippen molar-refractivity contribution in [1.29, 1.82) is 5.26 Å². The number of benzene rings is 1. The smallest absolute Gasteiger partial charge is 0.407 e. The predicted octanol–water partition coefficient (Wildman–Crippen LogP) is 3.92. The minimum atomic E-state index is -0.541. The lowest BCUT2D eigenvalue weighted by Crippen LogP contribution is -2.47. The molecule has 1 heterocycles. The topological polar surface area (TPSA) is 120 Å². The summed E-state index contributed by atoms with van der Waals surface area (Å²) in [4.78, 5) is 33.1. The van der Waals surface area contributed by atoms with Crippen molar-refractivity contribution in [2.45, 2.75) is 60.5 Å². The van der Waals surface area contributed by atoms with E-state index in [0.717, 1.165) is 5.56 Å². The molecule has 0 aliphatic heterocycles. The van der Waals surface area contributed by atoms with Crippen molar-refractivity contribution in [2.75, 3.05) is 18.1 Å². The largest absolute Gasteiger partial charge is 0.444 e. The zero-order chi connectivity index (χ0) is 25.5. The van der Waals surface area contributed by atoms with Gasteiger partial charge in [-0.2, -0.15) is 10.2 Å². The molecule has 0 fully saturated rings. The Balaban J connectivity index is 2.06. The number of nitrogens with one attached hydrogen (secondary N) is 2. The Hall–Kier alpha value is -3.67. The van der Waals surface area contributed by atoms with E-state index in [-0.39, 0.29) is 17.1 Å². The number of hydrazine groups is 1. The fourth-order valence-corrected chi connectivity index (χ4v) is 3.03. The quantitative estimate of drug-likeness (QED) is 0.593. The van der Waals surface area contributed by atoms with Crippen molar-refractivity contribution < 1.29 is 14.3 Å². The third-order valence-corrected chi connectivity index (χ3v) is 4.38. The molecule has 0 spiro atoms. The highest BCUT2D eigenvalue weighted by Crippen LogP contribution is 2.20. The van der Waals surface area contributed by atoms with Gasteiger partial charge in [0.1, 0.15) is 11.7 Å². The van der Waals surface area contributed by atoms with Crippen LogP contribution in [0.4, 0.5) is 10.6 Å². The highest BCUT2D eigenvalue weighted by molar-refractivity contribution is 5.95. The average molecular weight is 467 g/mol. The Morgan fingerprint density at radius 2 is 1.74 bits per heavy atom. The first-order valence-corrected chi connectivity index (χ1v) is 11.2. The fourth-order valence-electron chi connectivity index (χ4n) is 3.03. The number of aromatic nitrogens is 2. The van der Waals surface area contributed by atoms with Crippen LogP contribution in [0.1, 0.15) is 69.0 Å². The van der Waals surface area contributed by atoms with Gasteiger partial charge in [0.15, 0.2) is 5.82 Å². The van der Waals surface area contributed by atoms with Gasteiger partial charge in [-0.25, -0.2) is 9.78 Å². The van der Waals surface area contributed by atoms with Crippen molar-refractivity contribution in [2.24, 2.45) is 5.41 Å². The van der Waals surface area contributed by atoms with Crippen LogP contribution in [0, 0.1) is 23.7 Å². The van der Waals surface area contributed by atoms with Crippen LogP contribution in [0.5, 0.6) is 0 Å². The van der Waals surface area contributed by atoms with E-state index in [1.165, 1.54) is 0 Å². The molecule has 0 radical (unpaired) electrons. The summed E-state index contributed by atoms with van der Waals surface area (Å²) in [6.45, 7) is 14.3. The van der Waals surface area contributed by atoms with E-state index < -0.39 is 11.7 Å². The summed E-state index contributed by atoms with van der Waals surface area (Å²) in [5, 5.41) is 13.6. The second-order valence-corrected chi connectivity index (χ2v) is 10.3. The van der Waals surface area contributed by atoms with Gasteiger partial charge in [0.05, 0.1) is 0 Å². The molecule has 9 nitrogen and oxygen atoms in total. The van der Waals surface area contributed by atoms with Gasteiger partial charge >= 0.3 is 6.09 Å². The number of anilines is 1. The van der Waals surface area contributed by atoms with Gasteiger partial charge in [-0.05, 0) is 57.2 Å². The predicted molar refractivity (Wildman–Crippen MR) is 130 cm³/mol. The molecule has 9 heteroatoms. The van der Waals surface area contributed by atoms with Crippen LogP contribution >= 0.6 is 0 Å². The molecule has 0 aliphatic carbocycles. The van der Waals surface area contributed by atoms with E-state index in [1.807, 2.05) is 59.7 Å². The van der Waals surface area contributed by atoms with Crippen LogP contribution in [-0.2, 0) is 11.2 Å². The van der Waals surface area contributed by atoms with E-state index in [1.54, 1.807) is 30.1 Å². The monoisotopic (exact) mass is 466 g/mol. The van der Waals surface area contributed by atoms with Crippen molar-refractivity contribution in [1.82, 2.24) is 20.7 Å². The van der Waals surface area contributed by atoms with Gasteiger partial charge in [-0.1, -0.05) is 32.9 Å². The standard InChI is InChI=1S/C25H34N6O3/c1-17-14-21(29-20(15-26)28-17)31(16-24(2,3)4)30-22(32)19-10-8-18(9-11-19)12-13-27-23(33)34-25(5,6)7/h8-11,14H,12-13,16H2,1-7H3,(H,27,33)(H,30,32). The highest BCUT2D eigenvalue weighted by Gasteiger charge is 2.21. The highest BCUT2D eigenvalue weighted by atomic mass is 16.6. The Morgan fingerprint density at radius 1 is 1.09 bits per heavy atom. The Labute approximate surface area is 201 Å². The number of nitrogens with zero attached hydrogens (tertiary/aromatic N) is 4. The molecular weight excluding hydrogens is 432 g/mol. The van der Waals surface area contributed by atoms with Gasteiger partial charge in [0, 0.05) is 30.4 Å². The number of hydrogen-bond donors (Lipinski definition) is 2. The molecule has 2 rings (SSSR count). The van der Waals surface area contributed by atoms with Crippen LogP contribution < -0.4 is 15.8 Å². The molecular formula is C25H34N6O3. The minimum Gasteiger partial charge on any atom is -0.444 e. The first-order valence-electron chi connectivity index (χ1n) is 11.2. The molecule has 2 amide bonds. The molecule has 0 saturated heterocycles. The van der Waals surface area contributed by atoms with Crippen molar-refractivity contribution >= 4 is 17.8 Å². The minimum absolute atomic E-state index is 0.0486. The molecule has 182 valence electrons. The maximum absolute atomic E-state index is 13.0. The van der Waals surface area contributed by atoms with Crippen molar-refractivity contribution in [3.05, 3.63) is 53.0 Å². The molecule has 2 N–H and O–H groups in total. The number of nitriles is 1. The molecule has 0 atom stereocenters. The van der Waals surface area contributed by atoms with E-state index >= 15 is 0 Å². The van der Waals surface area contributed by atoms with Gasteiger partial charge in [-0.15, -0.1) is 0 Å². The van der Waals surface area contributed by atoms with Gasteiger partial charge in [-0.3, -0.25) is 15.2 Å². The summed E-state index contributed by atoms with van der Waals surface area (Å²) in [7, 11) is 0. The summed E-state index contributed by atoms with van der Waals surface area (Å²) >= 11 is 0. The zero-order valence-electron chi connectivity index (χ0n) is 21.0. The summed E-state index contributed by atoms with van der Waals surface area (Å²) in [5.74, 6) is 0.210. The van der Waals surface area contributed by atoms with E-state index in [0.29, 0.717) is 36.6 Å². The lowest BCUT2D eigenvalue weighted by atomic mass is 9.96. The van der Waals surface area contributed by atoms with E-state index in [4.69, 9.17) is 4.74 Å². The maximum Gasteiger partial charge on any atom is 0.407 e. The average Bonchev–Trinajstić information content (AvgIpc) is 2.71. The SMILES string of the molecule is Cc1cc(N(CC(C)(C)C)NC(=O)c2ccc(CCNC(=O)OC(C)(C)C)cc2)nc(C#N)n1. The molecule has 1 aromatic carbocycles. The van der Waals surface area contributed by atoms with Crippen molar-refractivity contribution in [3.63, 3.8) is 0 Å². The second-order valence-electron chi connectivity index (χ2n) is 10.3. The summed E-state index contributed by atoms with van der Waals surface area (Å²) in [5.41, 5.74) is 4.31. The first-order chi connectivity index (χ1) is 15.8. The van der Waals surface area contributed by atoms with Crippen LogP contribution in [-0.4, -0.2) is 40.7 Å². The van der Waals surface area contributed by atoms with Crippen LogP contribution in [0.2, 0.25) is 0 Å². The fraction of sp³-hybridized carbons (Fsp3) is 0.480. The number of alkyl carbamates (subject to hydrolysis) is 1. The third-order valence-electron chi connectivity index (χ3n) is 4.38. The number of hydrogen-bond acceptors (Lipinski definition) is 7. The lowest BCUT2D eigenvalue weighted by molar-refractivity contribution is 0.0528. The number of carbonyl (C=O) groups is 2. The number of rotatable bonds is 7. The number of aryl methyl sites for hydroxylation is 1. The van der Waals surface area contributed by atoms with Gasteiger partial charge < -0.3 is 10.1 Å². The first kappa shape index (κ1) is 26.6. The summed E-state index contributed by atoms with van der Waals surface area (Å²) in [6, 6.07) is 10.9. The zero-order valence-corrected chi connectivity index (χ0v) is 21.0. The van der Waals surface area contributed by atoms with Crippen LogP contribution in [0.3, 0.4) is 0 Å². The summed E-state index contributed by atoms with van der Waals surface area (Å²) < 4.78 is 5.22. The van der Waals surface area contributed by atoms with Crippen LogP contribution in [0.25, 0.3) is 0 Å². The normalized spacial score (nSPS) is 11.4. The van der Waals surface area contributed by atoms with Gasteiger partial charge in [0.25, 0.3) is 5.91 Å². The maximum atomic E-state index is 13.0. The molecule has 0 aliphatic rings. The Bertz CT molecular complexity index is 1050. The van der Waals surface area contributed by atoms with Crippen LogP contribution in [0.15, 0.2) is 30.3 Å². The van der Waals surface area contributed by atoms with Gasteiger partial charge in [0.2, 0.25) is 5.82 Å². The molecule has 1 aromatic heterocycles. The number of ether oxygens (including phenoxy) is 1. The molecule has 0 saturated carbocycles. The molecule has 34 heavy (non-hydrogen) atoms. The third kappa shape index (κ3) is 9.06. The molecule has 0 bridgehead atoms. The lowest BCUT2D eigenvalue weighted by Gasteiger charge is -2.31. The van der Waals surface area contributed by atoms with E-state index in [2.05, 4.69) is 20.7 Å². The number of carbonyl (C=O) groups excluding carboxylic acids is 2. The van der Waals surface area contributed by atoms with Crippen molar-refractivity contribution in [3.8, 4) is 6.07 Å². The molecule has 0 unspecified atom stereocenters. The van der Waals surface area contributed by atoms with E-state index in [9.17, 15) is 14.9 Å².